The van der Waals surface area contributed by atoms with E-state index in [1.165, 1.54) is 0 Å². The Hall–Kier alpha value is -3.60. The van der Waals surface area contributed by atoms with Gasteiger partial charge in [0.2, 0.25) is 0 Å². The predicted molar refractivity (Wildman–Crippen MR) is 156 cm³/mol. The molecule has 0 radical (unpaired) electrons. The molecule has 5 N–H and O–H groups in total. The van der Waals surface area contributed by atoms with E-state index in [9.17, 15) is 14.7 Å². The number of nitrogens with zero attached hydrogens (tertiary/aromatic N) is 4. The summed E-state index contributed by atoms with van der Waals surface area (Å²) in [4.78, 5) is 38.0. The Labute approximate surface area is 236 Å². The van der Waals surface area contributed by atoms with Gasteiger partial charge in [-0.3, -0.25) is 4.79 Å². The molecule has 1 aliphatic carbocycles. The number of primary amides is 1. The van der Waals surface area contributed by atoms with Crippen LogP contribution in [0.1, 0.15) is 75.1 Å². The van der Waals surface area contributed by atoms with Crippen molar-refractivity contribution in [2.45, 2.75) is 84.5 Å². The van der Waals surface area contributed by atoms with Crippen LogP contribution in [0.15, 0.2) is 18.2 Å². The Morgan fingerprint density at radius 3 is 2.33 bits per heavy atom. The first-order chi connectivity index (χ1) is 18.9. The molecule has 218 valence electrons. The molecule has 11 nitrogen and oxygen atoms in total. The molecule has 1 aromatic carbocycles. The molecule has 0 unspecified atom stereocenters. The first-order valence-corrected chi connectivity index (χ1v) is 14.2. The average Bonchev–Trinajstić information content (AvgIpc) is 2.89. The van der Waals surface area contributed by atoms with Crippen LogP contribution >= 0.6 is 0 Å². The van der Waals surface area contributed by atoms with E-state index in [0.29, 0.717) is 49.9 Å². The van der Waals surface area contributed by atoms with Crippen molar-refractivity contribution >= 4 is 35.0 Å². The number of hydrogen-bond donors (Lipinski definition) is 4. The van der Waals surface area contributed by atoms with Crippen molar-refractivity contribution < 1.29 is 19.4 Å². The molecule has 2 aromatic rings. The molecule has 11 heteroatoms. The van der Waals surface area contributed by atoms with Crippen molar-refractivity contribution in [3.8, 4) is 0 Å². The van der Waals surface area contributed by atoms with Gasteiger partial charge in [0.15, 0.2) is 11.5 Å². The van der Waals surface area contributed by atoms with Gasteiger partial charge in [-0.05, 0) is 83.6 Å². The van der Waals surface area contributed by atoms with E-state index in [-0.39, 0.29) is 23.9 Å². The molecule has 4 rings (SSSR count). The molecular weight excluding hydrogens is 510 g/mol. The van der Waals surface area contributed by atoms with E-state index < -0.39 is 11.5 Å². The number of aromatic nitrogens is 2. The van der Waals surface area contributed by atoms with Crippen molar-refractivity contribution in [1.82, 2.24) is 14.9 Å². The minimum absolute atomic E-state index is 0.0986. The summed E-state index contributed by atoms with van der Waals surface area (Å²) in [7, 11) is 0. The quantitative estimate of drug-likeness (QED) is 0.400. The number of aliphatic hydroxyl groups excluding tert-OH is 1. The van der Waals surface area contributed by atoms with Crippen LogP contribution in [0.5, 0.6) is 0 Å². The fraction of sp³-hybridized carbons (Fsp3) is 0.586. The van der Waals surface area contributed by atoms with E-state index in [4.69, 9.17) is 15.5 Å². The molecule has 0 bridgehead atoms. The number of hydrogen-bond acceptors (Lipinski definition) is 9. The molecule has 40 heavy (non-hydrogen) atoms. The summed E-state index contributed by atoms with van der Waals surface area (Å²) in [6.07, 6.45) is 3.26. The van der Waals surface area contributed by atoms with Gasteiger partial charge in [-0.25, -0.2) is 14.8 Å². The van der Waals surface area contributed by atoms with Crippen LogP contribution in [0.25, 0.3) is 0 Å². The van der Waals surface area contributed by atoms with E-state index in [2.05, 4.69) is 20.5 Å². The van der Waals surface area contributed by atoms with Gasteiger partial charge in [0.1, 0.15) is 11.4 Å². The number of rotatable bonds is 7. The smallest absolute Gasteiger partial charge is 0.410 e. The molecule has 0 spiro atoms. The molecule has 2 amide bonds. The van der Waals surface area contributed by atoms with Gasteiger partial charge in [0.05, 0.1) is 11.8 Å². The number of nitrogens with one attached hydrogen (secondary N) is 2. The topological polar surface area (TPSA) is 146 Å². The second-order valence-corrected chi connectivity index (χ2v) is 11.7. The largest absolute Gasteiger partial charge is 0.444 e. The number of benzene rings is 1. The second-order valence-electron chi connectivity index (χ2n) is 11.7. The van der Waals surface area contributed by atoms with E-state index in [1.54, 1.807) is 4.90 Å². The lowest BCUT2D eigenvalue weighted by Gasteiger charge is -2.37. The third-order valence-corrected chi connectivity index (χ3v) is 7.31. The van der Waals surface area contributed by atoms with Crippen LogP contribution in [0, 0.1) is 6.92 Å². The molecular formula is C29H43N7O4. The Kier molecular flexibility index (Phi) is 9.02. The highest BCUT2D eigenvalue weighted by molar-refractivity contribution is 5.96. The van der Waals surface area contributed by atoms with Crippen molar-refractivity contribution in [3.05, 3.63) is 35.2 Å². The normalized spacial score (nSPS) is 19.8. The number of aliphatic hydroxyl groups is 1. The number of carbonyl (C=O) groups excluding carboxylic acids is 2. The summed E-state index contributed by atoms with van der Waals surface area (Å²) in [5, 5.41) is 16.6. The number of aryl methyl sites for hydroxylation is 2. The van der Waals surface area contributed by atoms with E-state index >= 15 is 0 Å². The zero-order valence-electron chi connectivity index (χ0n) is 24.3. The summed E-state index contributed by atoms with van der Waals surface area (Å²) < 4.78 is 5.51. The SMILES string of the molecule is CCc1nc(C(N)=O)c(Nc2ccc(N3CCN(C(=O)OC(C)(C)C)CC3)c(C)c2)nc1NC1CCC(O)CC1. The summed E-state index contributed by atoms with van der Waals surface area (Å²) in [6.45, 7) is 12.2. The third kappa shape index (κ3) is 7.32. The molecule has 1 aliphatic heterocycles. The number of anilines is 4. The first-order valence-electron chi connectivity index (χ1n) is 14.2. The zero-order chi connectivity index (χ0) is 29.0. The van der Waals surface area contributed by atoms with Gasteiger partial charge >= 0.3 is 6.09 Å². The molecule has 2 heterocycles. The lowest BCUT2D eigenvalue weighted by molar-refractivity contribution is 0.0240. The maximum absolute atomic E-state index is 12.4. The fourth-order valence-electron chi connectivity index (χ4n) is 5.19. The number of amides is 2. The molecule has 1 aromatic heterocycles. The molecule has 1 saturated heterocycles. The summed E-state index contributed by atoms with van der Waals surface area (Å²) >= 11 is 0. The van der Waals surface area contributed by atoms with E-state index in [0.717, 1.165) is 42.6 Å². The maximum Gasteiger partial charge on any atom is 0.410 e. The first kappa shape index (κ1) is 29.4. The number of piperazine rings is 1. The summed E-state index contributed by atoms with van der Waals surface area (Å²) in [5.74, 6) is 0.294. The minimum atomic E-state index is -0.645. The Morgan fingerprint density at radius 2 is 1.75 bits per heavy atom. The Morgan fingerprint density at radius 1 is 1.07 bits per heavy atom. The van der Waals surface area contributed by atoms with Crippen molar-refractivity contribution in [1.29, 1.82) is 0 Å². The molecule has 2 aliphatic rings. The predicted octanol–water partition coefficient (Wildman–Crippen LogP) is 3.96. The van der Waals surface area contributed by atoms with Crippen LogP contribution in [0.2, 0.25) is 0 Å². The lowest BCUT2D eigenvalue weighted by Crippen LogP contribution is -2.50. The van der Waals surface area contributed by atoms with Gasteiger partial charge < -0.3 is 36.0 Å². The highest BCUT2D eigenvalue weighted by Crippen LogP contribution is 2.29. The monoisotopic (exact) mass is 553 g/mol. The molecule has 0 atom stereocenters. The van der Waals surface area contributed by atoms with Gasteiger partial charge in [0, 0.05) is 43.6 Å². The van der Waals surface area contributed by atoms with E-state index in [1.807, 2.05) is 52.8 Å². The van der Waals surface area contributed by atoms with Gasteiger partial charge in [0.25, 0.3) is 5.91 Å². The van der Waals surface area contributed by atoms with Crippen molar-refractivity contribution in [2.24, 2.45) is 5.73 Å². The van der Waals surface area contributed by atoms with Crippen LogP contribution in [-0.4, -0.2) is 75.9 Å². The lowest BCUT2D eigenvalue weighted by atomic mass is 9.93. The Balaban J connectivity index is 1.48. The zero-order valence-corrected chi connectivity index (χ0v) is 24.3. The second kappa shape index (κ2) is 12.3. The van der Waals surface area contributed by atoms with Gasteiger partial charge in [-0.2, -0.15) is 0 Å². The van der Waals surface area contributed by atoms with Gasteiger partial charge in [-0.1, -0.05) is 6.92 Å². The van der Waals surface area contributed by atoms with Gasteiger partial charge in [-0.15, -0.1) is 0 Å². The Bertz CT molecular complexity index is 1210. The highest BCUT2D eigenvalue weighted by Gasteiger charge is 2.27. The van der Waals surface area contributed by atoms with Crippen LogP contribution in [0.3, 0.4) is 0 Å². The van der Waals surface area contributed by atoms with Crippen molar-refractivity contribution in [2.75, 3.05) is 41.7 Å². The highest BCUT2D eigenvalue weighted by atomic mass is 16.6. The standard InChI is InChI=1S/C29H43N7O4/c1-6-22-26(31-19-7-10-21(37)11-8-19)34-27(24(33-22)25(30)38)32-20-9-12-23(18(2)17-20)35-13-15-36(16-14-35)28(39)40-29(3,4)5/h9,12,17,19,21,37H,6-8,10-11,13-16H2,1-5H3,(H2,30,38)(H2,31,32,34). The van der Waals surface area contributed by atoms with Crippen LogP contribution in [0.4, 0.5) is 27.8 Å². The molecule has 1 saturated carbocycles. The number of ether oxygens (including phenoxy) is 1. The summed E-state index contributed by atoms with van der Waals surface area (Å²) in [5.41, 5.74) is 8.85. The molecule has 2 fully saturated rings. The van der Waals surface area contributed by atoms with Crippen LogP contribution < -0.4 is 21.3 Å². The maximum atomic E-state index is 12.4. The average molecular weight is 554 g/mol. The third-order valence-electron chi connectivity index (χ3n) is 7.31. The number of nitrogens with two attached hydrogens (primary N) is 1. The summed E-state index contributed by atoms with van der Waals surface area (Å²) in [6, 6.07) is 6.17. The van der Waals surface area contributed by atoms with Crippen LogP contribution in [-0.2, 0) is 11.2 Å². The van der Waals surface area contributed by atoms with Crippen molar-refractivity contribution in [3.63, 3.8) is 0 Å². The fourth-order valence-corrected chi connectivity index (χ4v) is 5.19. The number of carbonyl (C=O) groups is 2. The minimum Gasteiger partial charge on any atom is -0.444 e.